The van der Waals surface area contributed by atoms with Crippen molar-refractivity contribution in [2.24, 2.45) is 0 Å². The minimum Gasteiger partial charge on any atom is -0.386 e. The number of hydrogen-bond donors (Lipinski definition) is 1. The average molecular weight is 229 g/mol. The van der Waals surface area contributed by atoms with Gasteiger partial charge in [-0.2, -0.15) is 0 Å². The fraction of sp³-hybridized carbons (Fsp3) is 0.364. The zero-order chi connectivity index (χ0) is 11.3. The maximum atomic E-state index is 13.3. The Morgan fingerprint density at radius 1 is 1.40 bits per heavy atom. The van der Waals surface area contributed by atoms with Crippen LogP contribution in [0.5, 0.6) is 0 Å². The van der Waals surface area contributed by atoms with Gasteiger partial charge < -0.3 is 5.32 Å². The second kappa shape index (κ2) is 5.75. The molecule has 0 aliphatic rings. The molecule has 0 aliphatic heterocycles. The summed E-state index contributed by atoms with van der Waals surface area (Å²) >= 11 is 4.69. The van der Waals surface area contributed by atoms with E-state index in [0.717, 1.165) is 18.9 Å². The highest BCUT2D eigenvalue weighted by Gasteiger charge is 2.09. The van der Waals surface area contributed by atoms with Crippen LogP contribution in [0.25, 0.3) is 0 Å². The number of thiocarbonyl (C=S) groups is 1. The number of hydrogen-bond acceptors (Lipinski definition) is 2. The number of halogens is 2. The molecular formula is C11H13F2NS. The number of anilines is 1. The van der Waals surface area contributed by atoms with Crippen LogP contribution in [0, 0.1) is 11.6 Å². The molecule has 0 heterocycles. The Morgan fingerprint density at radius 2 is 2.13 bits per heavy atom. The van der Waals surface area contributed by atoms with Crippen LogP contribution in [0.15, 0.2) is 12.1 Å². The van der Waals surface area contributed by atoms with Gasteiger partial charge in [0.25, 0.3) is 0 Å². The largest absolute Gasteiger partial charge is 0.386 e. The van der Waals surface area contributed by atoms with Gasteiger partial charge in [-0.1, -0.05) is 12.2 Å². The molecule has 1 aromatic carbocycles. The second-order valence-electron chi connectivity index (χ2n) is 3.23. The first-order valence-corrected chi connectivity index (χ1v) is 5.25. The highest BCUT2D eigenvalue weighted by molar-refractivity contribution is 7.78. The standard InChI is InChI=1S/C11H13F2NS/c1-14-11-8(4-2-3-5-15)6-9(12)7-10(11)13/h5-7,14H,2-4H2,1H3. The third kappa shape index (κ3) is 3.23. The van der Waals surface area contributed by atoms with Crippen molar-refractivity contribution in [2.75, 3.05) is 12.4 Å². The first kappa shape index (κ1) is 12.0. The molecule has 1 N–H and O–H groups in total. The van der Waals surface area contributed by atoms with E-state index in [9.17, 15) is 8.78 Å². The Labute approximate surface area is 93.5 Å². The van der Waals surface area contributed by atoms with E-state index >= 15 is 0 Å². The van der Waals surface area contributed by atoms with E-state index in [2.05, 4.69) is 5.32 Å². The lowest BCUT2D eigenvalue weighted by Crippen LogP contribution is -2.00. The van der Waals surface area contributed by atoms with Gasteiger partial charge in [0.2, 0.25) is 0 Å². The van der Waals surface area contributed by atoms with Gasteiger partial charge in [0.05, 0.1) is 5.69 Å². The number of aryl methyl sites for hydroxylation is 1. The fourth-order valence-corrected chi connectivity index (χ4v) is 1.65. The third-order valence-electron chi connectivity index (χ3n) is 2.15. The summed E-state index contributed by atoms with van der Waals surface area (Å²) in [5.74, 6) is -1.08. The van der Waals surface area contributed by atoms with Crippen LogP contribution < -0.4 is 5.32 Å². The monoisotopic (exact) mass is 229 g/mol. The molecule has 1 aromatic rings. The molecule has 0 atom stereocenters. The van der Waals surface area contributed by atoms with Crippen molar-refractivity contribution < 1.29 is 8.78 Å². The summed E-state index contributed by atoms with van der Waals surface area (Å²) in [6.45, 7) is 0. The molecule has 15 heavy (non-hydrogen) atoms. The molecule has 0 saturated heterocycles. The van der Waals surface area contributed by atoms with Gasteiger partial charge in [0, 0.05) is 13.1 Å². The summed E-state index contributed by atoms with van der Waals surface area (Å²) in [4.78, 5) is 0. The van der Waals surface area contributed by atoms with Crippen molar-refractivity contribution >= 4 is 23.3 Å². The molecule has 0 aliphatic carbocycles. The molecule has 0 unspecified atom stereocenters. The smallest absolute Gasteiger partial charge is 0.149 e. The first-order valence-electron chi connectivity index (χ1n) is 4.78. The molecule has 1 nitrogen and oxygen atoms in total. The molecule has 0 spiro atoms. The van der Waals surface area contributed by atoms with Crippen LogP contribution >= 0.6 is 12.2 Å². The molecular weight excluding hydrogens is 216 g/mol. The predicted molar refractivity (Wildman–Crippen MR) is 62.5 cm³/mol. The van der Waals surface area contributed by atoms with Crippen LogP contribution in [0.1, 0.15) is 18.4 Å². The van der Waals surface area contributed by atoms with E-state index in [1.54, 1.807) is 12.4 Å². The zero-order valence-electron chi connectivity index (χ0n) is 8.52. The van der Waals surface area contributed by atoms with E-state index in [1.807, 2.05) is 0 Å². The first-order chi connectivity index (χ1) is 7.19. The normalized spacial score (nSPS) is 10.1. The van der Waals surface area contributed by atoms with E-state index in [4.69, 9.17) is 12.2 Å². The number of benzene rings is 1. The summed E-state index contributed by atoms with van der Waals surface area (Å²) < 4.78 is 26.2. The molecule has 0 saturated carbocycles. The summed E-state index contributed by atoms with van der Waals surface area (Å²) in [5.41, 5.74) is 1.03. The van der Waals surface area contributed by atoms with Crippen molar-refractivity contribution in [3.63, 3.8) is 0 Å². The van der Waals surface area contributed by atoms with Crippen molar-refractivity contribution in [1.29, 1.82) is 0 Å². The Bertz CT molecular complexity index is 353. The Morgan fingerprint density at radius 3 is 2.73 bits per heavy atom. The average Bonchev–Trinajstić information content (AvgIpc) is 2.17. The Kier molecular flexibility index (Phi) is 4.62. The number of nitrogens with one attached hydrogen (secondary N) is 1. The second-order valence-corrected chi connectivity index (χ2v) is 3.56. The van der Waals surface area contributed by atoms with E-state index < -0.39 is 11.6 Å². The highest BCUT2D eigenvalue weighted by Crippen LogP contribution is 2.22. The van der Waals surface area contributed by atoms with Gasteiger partial charge in [0.1, 0.15) is 11.6 Å². The highest BCUT2D eigenvalue weighted by atomic mass is 32.1. The van der Waals surface area contributed by atoms with Gasteiger partial charge >= 0.3 is 0 Å². The van der Waals surface area contributed by atoms with Gasteiger partial charge in [-0.05, 0) is 36.3 Å². The topological polar surface area (TPSA) is 12.0 Å². The minimum absolute atomic E-state index is 0.376. The lowest BCUT2D eigenvalue weighted by atomic mass is 10.1. The Balaban J connectivity index is 2.88. The summed E-state index contributed by atoms with van der Waals surface area (Å²) in [5, 5.41) is 4.37. The molecule has 0 amide bonds. The van der Waals surface area contributed by atoms with Gasteiger partial charge in [-0.15, -0.1) is 0 Å². The van der Waals surface area contributed by atoms with E-state index in [1.165, 1.54) is 6.07 Å². The number of unbranched alkanes of at least 4 members (excludes halogenated alkanes) is 1. The quantitative estimate of drug-likeness (QED) is 0.614. The van der Waals surface area contributed by atoms with Crippen molar-refractivity contribution in [2.45, 2.75) is 19.3 Å². The molecule has 0 radical (unpaired) electrons. The van der Waals surface area contributed by atoms with Crippen molar-refractivity contribution in [3.8, 4) is 0 Å². The zero-order valence-corrected chi connectivity index (χ0v) is 9.33. The van der Waals surface area contributed by atoms with Crippen molar-refractivity contribution in [3.05, 3.63) is 29.3 Å². The molecule has 0 fully saturated rings. The van der Waals surface area contributed by atoms with Gasteiger partial charge in [-0.25, -0.2) is 8.78 Å². The maximum absolute atomic E-state index is 13.3. The van der Waals surface area contributed by atoms with Crippen LogP contribution in [-0.4, -0.2) is 12.4 Å². The third-order valence-corrected chi connectivity index (χ3v) is 2.39. The molecule has 0 bridgehead atoms. The SMILES string of the molecule is CNc1c(F)cc(F)cc1CCCC=S. The molecule has 82 valence electrons. The summed E-state index contributed by atoms with van der Waals surface area (Å²) in [6.07, 6.45) is 2.20. The maximum Gasteiger partial charge on any atom is 0.149 e. The number of rotatable bonds is 5. The van der Waals surface area contributed by atoms with Gasteiger partial charge in [0.15, 0.2) is 0 Å². The van der Waals surface area contributed by atoms with Crippen LogP contribution in [0.4, 0.5) is 14.5 Å². The molecule has 1 rings (SSSR count). The fourth-order valence-electron chi connectivity index (χ4n) is 1.48. The van der Waals surface area contributed by atoms with E-state index in [-0.39, 0.29) is 0 Å². The summed E-state index contributed by atoms with van der Waals surface area (Å²) in [6, 6.07) is 2.24. The van der Waals surface area contributed by atoms with Crippen LogP contribution in [0.2, 0.25) is 0 Å². The van der Waals surface area contributed by atoms with E-state index in [0.29, 0.717) is 17.7 Å². The molecule has 0 aromatic heterocycles. The van der Waals surface area contributed by atoms with Crippen LogP contribution in [-0.2, 0) is 6.42 Å². The predicted octanol–water partition coefficient (Wildman–Crippen LogP) is 3.33. The molecule has 4 heteroatoms. The van der Waals surface area contributed by atoms with Crippen LogP contribution in [0.3, 0.4) is 0 Å². The van der Waals surface area contributed by atoms with Gasteiger partial charge in [-0.3, -0.25) is 0 Å². The lowest BCUT2D eigenvalue weighted by Gasteiger charge is -2.09. The summed E-state index contributed by atoms with van der Waals surface area (Å²) in [7, 11) is 1.62. The lowest BCUT2D eigenvalue weighted by molar-refractivity contribution is 0.581. The minimum atomic E-state index is -0.546. The Hall–Kier alpha value is -1.03. The van der Waals surface area contributed by atoms with Crippen molar-refractivity contribution in [1.82, 2.24) is 0 Å².